The molecule has 18 heavy (non-hydrogen) atoms. The minimum absolute atomic E-state index is 0.333. The highest BCUT2D eigenvalue weighted by atomic mass is 15.1. The zero-order chi connectivity index (χ0) is 12.8. The van der Waals surface area contributed by atoms with Crippen molar-refractivity contribution in [2.75, 3.05) is 0 Å². The second kappa shape index (κ2) is 3.95. The number of rotatable bonds is 3. The summed E-state index contributed by atoms with van der Waals surface area (Å²) in [4.78, 5) is 4.26. The van der Waals surface area contributed by atoms with Gasteiger partial charge in [0.05, 0.1) is 17.6 Å². The van der Waals surface area contributed by atoms with Crippen LogP contribution in [0.2, 0.25) is 0 Å². The SMILES string of the molecule is CC(C)(N)c1cncn1C1CC1c1ccccc1. The third-order valence-corrected chi connectivity index (χ3v) is 3.67. The summed E-state index contributed by atoms with van der Waals surface area (Å²) >= 11 is 0. The van der Waals surface area contributed by atoms with E-state index in [0.717, 1.165) is 5.69 Å². The summed E-state index contributed by atoms with van der Waals surface area (Å²) in [5.74, 6) is 0.612. The molecule has 1 aliphatic rings. The molecule has 3 rings (SSSR count). The molecular formula is C15H19N3. The molecular weight excluding hydrogens is 222 g/mol. The maximum Gasteiger partial charge on any atom is 0.0951 e. The van der Waals surface area contributed by atoms with E-state index in [9.17, 15) is 0 Å². The molecule has 1 saturated carbocycles. The van der Waals surface area contributed by atoms with Gasteiger partial charge in [-0.1, -0.05) is 30.3 Å². The van der Waals surface area contributed by atoms with Crippen molar-refractivity contribution in [1.82, 2.24) is 9.55 Å². The minimum atomic E-state index is -0.333. The van der Waals surface area contributed by atoms with Crippen molar-refractivity contribution in [3.05, 3.63) is 54.1 Å². The van der Waals surface area contributed by atoms with E-state index in [-0.39, 0.29) is 5.54 Å². The number of benzene rings is 1. The van der Waals surface area contributed by atoms with Gasteiger partial charge in [-0.15, -0.1) is 0 Å². The molecule has 1 heterocycles. The van der Waals surface area contributed by atoms with Crippen LogP contribution in [-0.4, -0.2) is 9.55 Å². The van der Waals surface area contributed by atoms with Crippen LogP contribution in [-0.2, 0) is 5.54 Å². The molecule has 0 saturated heterocycles. The van der Waals surface area contributed by atoms with Crippen molar-refractivity contribution in [3.63, 3.8) is 0 Å². The number of aromatic nitrogens is 2. The Hall–Kier alpha value is -1.61. The largest absolute Gasteiger partial charge is 0.329 e. The van der Waals surface area contributed by atoms with Gasteiger partial charge in [0.1, 0.15) is 0 Å². The highest BCUT2D eigenvalue weighted by molar-refractivity contribution is 5.28. The Balaban J connectivity index is 1.86. The van der Waals surface area contributed by atoms with Crippen molar-refractivity contribution in [3.8, 4) is 0 Å². The molecule has 2 unspecified atom stereocenters. The molecule has 94 valence electrons. The van der Waals surface area contributed by atoms with E-state index < -0.39 is 0 Å². The van der Waals surface area contributed by atoms with E-state index >= 15 is 0 Å². The predicted octanol–water partition coefficient (Wildman–Crippen LogP) is 2.81. The highest BCUT2D eigenvalue weighted by Crippen LogP contribution is 2.52. The lowest BCUT2D eigenvalue weighted by atomic mass is 10.0. The second-order valence-electron chi connectivity index (χ2n) is 5.73. The summed E-state index contributed by atoms with van der Waals surface area (Å²) in [6.07, 6.45) is 4.99. The minimum Gasteiger partial charge on any atom is -0.329 e. The van der Waals surface area contributed by atoms with Crippen LogP contribution in [0.4, 0.5) is 0 Å². The van der Waals surface area contributed by atoms with Gasteiger partial charge < -0.3 is 10.3 Å². The third kappa shape index (κ3) is 1.95. The van der Waals surface area contributed by atoms with Crippen LogP contribution in [0.1, 0.15) is 43.5 Å². The average Bonchev–Trinajstić information content (AvgIpc) is 2.97. The molecule has 1 fully saturated rings. The summed E-state index contributed by atoms with van der Waals surface area (Å²) in [5.41, 5.74) is 8.39. The number of nitrogens with zero attached hydrogens (tertiary/aromatic N) is 2. The van der Waals surface area contributed by atoms with Gasteiger partial charge >= 0.3 is 0 Å². The highest BCUT2D eigenvalue weighted by Gasteiger charge is 2.41. The van der Waals surface area contributed by atoms with Crippen LogP contribution >= 0.6 is 0 Å². The first-order valence-electron chi connectivity index (χ1n) is 6.43. The third-order valence-electron chi connectivity index (χ3n) is 3.67. The molecule has 0 spiro atoms. The summed E-state index contributed by atoms with van der Waals surface area (Å²) in [6, 6.07) is 11.2. The van der Waals surface area contributed by atoms with Crippen LogP contribution in [0.15, 0.2) is 42.9 Å². The molecule has 1 aromatic carbocycles. The standard InChI is InChI=1S/C15H19N3/c1-15(2,16)14-9-17-10-18(14)13-8-12(13)11-6-4-3-5-7-11/h3-7,9-10,12-13H,8,16H2,1-2H3. The van der Waals surface area contributed by atoms with E-state index in [1.165, 1.54) is 12.0 Å². The predicted molar refractivity (Wildman–Crippen MR) is 72.3 cm³/mol. The summed E-state index contributed by atoms with van der Waals surface area (Å²) in [6.45, 7) is 4.06. The lowest BCUT2D eigenvalue weighted by Gasteiger charge is -2.20. The van der Waals surface area contributed by atoms with E-state index in [0.29, 0.717) is 12.0 Å². The Bertz CT molecular complexity index is 536. The van der Waals surface area contributed by atoms with E-state index in [1.54, 1.807) is 0 Å². The first kappa shape index (κ1) is 11.5. The molecule has 2 aromatic rings. The van der Waals surface area contributed by atoms with Crippen molar-refractivity contribution in [2.24, 2.45) is 5.73 Å². The van der Waals surface area contributed by atoms with Crippen LogP contribution < -0.4 is 5.73 Å². The van der Waals surface area contributed by atoms with E-state index in [4.69, 9.17) is 5.73 Å². The van der Waals surface area contributed by atoms with Gasteiger partial charge in [0.25, 0.3) is 0 Å². The maximum absolute atomic E-state index is 6.19. The number of hydrogen-bond donors (Lipinski definition) is 1. The topological polar surface area (TPSA) is 43.8 Å². The van der Waals surface area contributed by atoms with Gasteiger partial charge in [-0.05, 0) is 25.8 Å². The summed E-state index contributed by atoms with van der Waals surface area (Å²) < 4.78 is 2.25. The zero-order valence-electron chi connectivity index (χ0n) is 10.9. The molecule has 2 atom stereocenters. The van der Waals surface area contributed by atoms with Gasteiger partial charge in [0.2, 0.25) is 0 Å². The molecule has 2 N–H and O–H groups in total. The lowest BCUT2D eigenvalue weighted by molar-refractivity contribution is 0.492. The van der Waals surface area contributed by atoms with Crippen molar-refractivity contribution >= 4 is 0 Å². The Labute approximate surface area is 108 Å². The van der Waals surface area contributed by atoms with E-state index in [1.807, 2.05) is 26.4 Å². The fraction of sp³-hybridized carbons (Fsp3) is 0.400. The zero-order valence-corrected chi connectivity index (χ0v) is 10.9. The molecule has 0 bridgehead atoms. The Morgan fingerprint density at radius 1 is 1.28 bits per heavy atom. The monoisotopic (exact) mass is 241 g/mol. The Morgan fingerprint density at radius 3 is 2.67 bits per heavy atom. The molecule has 0 aliphatic heterocycles. The summed E-state index contributed by atoms with van der Waals surface area (Å²) in [5, 5.41) is 0. The van der Waals surface area contributed by atoms with Crippen molar-refractivity contribution in [1.29, 1.82) is 0 Å². The maximum atomic E-state index is 6.19. The van der Waals surface area contributed by atoms with Gasteiger partial charge in [-0.2, -0.15) is 0 Å². The first-order chi connectivity index (χ1) is 8.57. The number of nitrogens with two attached hydrogens (primary N) is 1. The lowest BCUT2D eigenvalue weighted by Crippen LogP contribution is -2.31. The first-order valence-corrected chi connectivity index (χ1v) is 6.43. The van der Waals surface area contributed by atoms with Crippen LogP contribution in [0.3, 0.4) is 0 Å². The van der Waals surface area contributed by atoms with Crippen LogP contribution in [0.5, 0.6) is 0 Å². The second-order valence-corrected chi connectivity index (χ2v) is 5.73. The fourth-order valence-electron chi connectivity index (χ4n) is 2.62. The summed E-state index contributed by atoms with van der Waals surface area (Å²) in [7, 11) is 0. The van der Waals surface area contributed by atoms with Crippen LogP contribution in [0.25, 0.3) is 0 Å². The van der Waals surface area contributed by atoms with Crippen LogP contribution in [0, 0.1) is 0 Å². The van der Waals surface area contributed by atoms with Gasteiger partial charge in [0, 0.05) is 18.2 Å². The molecule has 0 radical (unpaired) electrons. The number of hydrogen-bond acceptors (Lipinski definition) is 2. The molecule has 3 nitrogen and oxygen atoms in total. The molecule has 1 aromatic heterocycles. The normalized spacial score (nSPS) is 23.1. The quantitative estimate of drug-likeness (QED) is 0.898. The molecule has 3 heteroatoms. The number of imidazole rings is 1. The van der Waals surface area contributed by atoms with Crippen molar-refractivity contribution in [2.45, 2.75) is 37.8 Å². The van der Waals surface area contributed by atoms with Gasteiger partial charge in [-0.3, -0.25) is 0 Å². The average molecular weight is 241 g/mol. The van der Waals surface area contributed by atoms with E-state index in [2.05, 4.69) is 39.9 Å². The van der Waals surface area contributed by atoms with Gasteiger partial charge in [0.15, 0.2) is 0 Å². The smallest absolute Gasteiger partial charge is 0.0951 e. The fourth-order valence-corrected chi connectivity index (χ4v) is 2.62. The molecule has 0 amide bonds. The Kier molecular flexibility index (Phi) is 2.52. The van der Waals surface area contributed by atoms with Gasteiger partial charge in [-0.25, -0.2) is 4.98 Å². The van der Waals surface area contributed by atoms with Crippen molar-refractivity contribution < 1.29 is 0 Å². The Morgan fingerprint density at radius 2 is 2.00 bits per heavy atom. The molecule has 1 aliphatic carbocycles.